The smallest absolute Gasteiger partial charge is 0.0828 e. The van der Waals surface area contributed by atoms with E-state index in [4.69, 9.17) is 5.11 Å². The van der Waals surface area contributed by atoms with Gasteiger partial charge in [-0.1, -0.05) is 0 Å². The van der Waals surface area contributed by atoms with E-state index < -0.39 is 0 Å². The lowest BCUT2D eigenvalue weighted by atomic mass is 10.1. The van der Waals surface area contributed by atoms with Crippen molar-refractivity contribution >= 4 is 6.34 Å². The molecule has 0 aliphatic rings. The standard InChI is InChI=1S/C7H16N2O/c1-7(2,3)9-6-8-4-5-10/h6,10H,4-5H2,1-3H3,(H,8,9). The van der Waals surface area contributed by atoms with Crippen molar-refractivity contribution in [2.45, 2.75) is 26.3 Å². The van der Waals surface area contributed by atoms with Gasteiger partial charge in [0.05, 0.1) is 19.5 Å². The Balaban J connectivity index is 3.34. The molecule has 0 aromatic rings. The number of rotatable bonds is 3. The zero-order chi connectivity index (χ0) is 8.04. The Hall–Kier alpha value is -0.570. The van der Waals surface area contributed by atoms with Gasteiger partial charge < -0.3 is 10.4 Å². The van der Waals surface area contributed by atoms with Crippen LogP contribution in [0.15, 0.2) is 4.99 Å². The molecule has 0 saturated carbocycles. The first-order valence-electron chi connectivity index (χ1n) is 3.43. The fourth-order valence-electron chi connectivity index (χ4n) is 0.362. The highest BCUT2D eigenvalue weighted by Gasteiger charge is 2.04. The van der Waals surface area contributed by atoms with Crippen LogP contribution in [0.4, 0.5) is 0 Å². The molecule has 0 aliphatic carbocycles. The Bertz CT molecular complexity index is 105. The van der Waals surface area contributed by atoms with Gasteiger partial charge in [0, 0.05) is 5.54 Å². The number of nitrogens with one attached hydrogen (secondary N) is 1. The van der Waals surface area contributed by atoms with Crippen molar-refractivity contribution in [1.29, 1.82) is 0 Å². The van der Waals surface area contributed by atoms with Crippen LogP contribution in [-0.4, -0.2) is 30.1 Å². The monoisotopic (exact) mass is 144 g/mol. The molecule has 0 bridgehead atoms. The quantitative estimate of drug-likeness (QED) is 0.444. The van der Waals surface area contributed by atoms with Gasteiger partial charge in [0.2, 0.25) is 0 Å². The van der Waals surface area contributed by atoms with Crippen LogP contribution in [0.2, 0.25) is 0 Å². The number of aliphatic hydroxyl groups excluding tert-OH is 1. The first kappa shape index (κ1) is 9.43. The van der Waals surface area contributed by atoms with E-state index in [2.05, 4.69) is 31.1 Å². The summed E-state index contributed by atoms with van der Waals surface area (Å²) < 4.78 is 0. The second kappa shape index (κ2) is 4.28. The summed E-state index contributed by atoms with van der Waals surface area (Å²) in [6.45, 7) is 6.75. The molecule has 0 aromatic heterocycles. The van der Waals surface area contributed by atoms with Crippen LogP contribution in [0.5, 0.6) is 0 Å². The average molecular weight is 144 g/mol. The summed E-state index contributed by atoms with van der Waals surface area (Å²) in [6, 6.07) is 0. The van der Waals surface area contributed by atoms with E-state index in [0.29, 0.717) is 6.54 Å². The molecule has 0 aliphatic heterocycles. The molecular weight excluding hydrogens is 128 g/mol. The first-order chi connectivity index (χ1) is 4.56. The van der Waals surface area contributed by atoms with Gasteiger partial charge in [-0.25, -0.2) is 0 Å². The minimum Gasteiger partial charge on any atom is -0.394 e. The fourth-order valence-corrected chi connectivity index (χ4v) is 0.362. The number of aliphatic imine (C=N–C) groups is 1. The molecule has 0 aromatic carbocycles. The predicted octanol–water partition coefficient (Wildman–Crippen LogP) is 0.395. The molecule has 0 saturated heterocycles. The number of hydrogen-bond donors (Lipinski definition) is 2. The van der Waals surface area contributed by atoms with Crippen molar-refractivity contribution < 1.29 is 5.11 Å². The minimum atomic E-state index is 0.0684. The zero-order valence-corrected chi connectivity index (χ0v) is 6.89. The second-order valence-corrected chi connectivity index (χ2v) is 3.15. The summed E-state index contributed by atoms with van der Waals surface area (Å²) in [6.07, 6.45) is 1.64. The van der Waals surface area contributed by atoms with Gasteiger partial charge in [0.1, 0.15) is 0 Å². The highest BCUT2D eigenvalue weighted by molar-refractivity contribution is 5.55. The van der Waals surface area contributed by atoms with E-state index >= 15 is 0 Å². The summed E-state index contributed by atoms with van der Waals surface area (Å²) in [7, 11) is 0. The maximum atomic E-state index is 8.35. The van der Waals surface area contributed by atoms with Crippen LogP contribution >= 0.6 is 0 Å². The maximum Gasteiger partial charge on any atom is 0.0828 e. The molecule has 10 heavy (non-hydrogen) atoms. The average Bonchev–Trinajstić information content (AvgIpc) is 1.78. The van der Waals surface area contributed by atoms with Crippen LogP contribution in [0.1, 0.15) is 20.8 Å². The van der Waals surface area contributed by atoms with Gasteiger partial charge in [0.15, 0.2) is 0 Å². The molecule has 0 heterocycles. The Morgan fingerprint density at radius 3 is 2.50 bits per heavy atom. The fraction of sp³-hybridized carbons (Fsp3) is 0.857. The summed E-state index contributed by atoms with van der Waals surface area (Å²) in [4.78, 5) is 3.89. The normalized spacial score (nSPS) is 12.4. The zero-order valence-electron chi connectivity index (χ0n) is 6.89. The first-order valence-corrected chi connectivity index (χ1v) is 3.43. The van der Waals surface area contributed by atoms with Crippen molar-refractivity contribution in [3.05, 3.63) is 0 Å². The number of nitrogens with zero attached hydrogens (tertiary/aromatic N) is 1. The minimum absolute atomic E-state index is 0.0684. The van der Waals surface area contributed by atoms with Crippen molar-refractivity contribution in [3.8, 4) is 0 Å². The van der Waals surface area contributed by atoms with E-state index in [-0.39, 0.29) is 12.1 Å². The van der Waals surface area contributed by atoms with E-state index in [1.807, 2.05) is 0 Å². The summed E-state index contributed by atoms with van der Waals surface area (Å²) >= 11 is 0. The van der Waals surface area contributed by atoms with Gasteiger partial charge >= 0.3 is 0 Å². The molecule has 0 atom stereocenters. The van der Waals surface area contributed by atoms with Crippen molar-refractivity contribution in [2.75, 3.05) is 13.2 Å². The molecule has 2 N–H and O–H groups in total. The Morgan fingerprint density at radius 1 is 1.50 bits per heavy atom. The topological polar surface area (TPSA) is 44.6 Å². The van der Waals surface area contributed by atoms with E-state index in [9.17, 15) is 0 Å². The molecular formula is C7H16N2O. The van der Waals surface area contributed by atoms with Gasteiger partial charge in [0.25, 0.3) is 0 Å². The van der Waals surface area contributed by atoms with Crippen molar-refractivity contribution in [3.63, 3.8) is 0 Å². The predicted molar refractivity (Wildman–Crippen MR) is 43.3 cm³/mol. The molecule has 0 radical (unpaired) electrons. The molecule has 0 amide bonds. The van der Waals surface area contributed by atoms with Crippen LogP contribution < -0.4 is 5.32 Å². The van der Waals surface area contributed by atoms with Crippen LogP contribution in [0.25, 0.3) is 0 Å². The lowest BCUT2D eigenvalue weighted by molar-refractivity contribution is 0.307. The summed E-state index contributed by atoms with van der Waals surface area (Å²) in [5, 5.41) is 11.4. The second-order valence-electron chi connectivity index (χ2n) is 3.15. The molecule has 0 unspecified atom stereocenters. The van der Waals surface area contributed by atoms with Gasteiger partial charge in [-0.3, -0.25) is 4.99 Å². The van der Waals surface area contributed by atoms with E-state index in [1.54, 1.807) is 6.34 Å². The third kappa shape index (κ3) is 7.43. The third-order valence-electron chi connectivity index (χ3n) is 0.818. The largest absolute Gasteiger partial charge is 0.394 e. The number of aliphatic hydroxyl groups is 1. The summed E-state index contributed by atoms with van der Waals surface area (Å²) in [5.74, 6) is 0. The highest BCUT2D eigenvalue weighted by Crippen LogP contribution is 1.95. The molecule has 0 fully saturated rings. The Kier molecular flexibility index (Phi) is 4.03. The molecule has 60 valence electrons. The molecule has 3 heteroatoms. The van der Waals surface area contributed by atoms with E-state index in [0.717, 1.165) is 0 Å². The van der Waals surface area contributed by atoms with Gasteiger partial charge in [-0.2, -0.15) is 0 Å². The Labute approximate surface area is 62.2 Å². The lowest BCUT2D eigenvalue weighted by Crippen LogP contribution is -2.34. The SMILES string of the molecule is CC(C)(C)NC=NCCO. The number of hydrogen-bond acceptors (Lipinski definition) is 2. The molecule has 3 nitrogen and oxygen atoms in total. The van der Waals surface area contributed by atoms with Crippen LogP contribution in [-0.2, 0) is 0 Å². The summed E-state index contributed by atoms with van der Waals surface area (Å²) in [5.41, 5.74) is 0.0684. The highest BCUT2D eigenvalue weighted by atomic mass is 16.3. The van der Waals surface area contributed by atoms with Crippen LogP contribution in [0.3, 0.4) is 0 Å². The van der Waals surface area contributed by atoms with E-state index in [1.165, 1.54) is 0 Å². The lowest BCUT2D eigenvalue weighted by Gasteiger charge is -2.17. The third-order valence-corrected chi connectivity index (χ3v) is 0.818. The van der Waals surface area contributed by atoms with Crippen LogP contribution in [0, 0.1) is 0 Å². The van der Waals surface area contributed by atoms with Crippen molar-refractivity contribution in [2.24, 2.45) is 4.99 Å². The maximum absolute atomic E-state index is 8.35. The molecule has 0 spiro atoms. The molecule has 0 rings (SSSR count). The van der Waals surface area contributed by atoms with Gasteiger partial charge in [-0.05, 0) is 20.8 Å². The van der Waals surface area contributed by atoms with Gasteiger partial charge in [-0.15, -0.1) is 0 Å². The van der Waals surface area contributed by atoms with Crippen molar-refractivity contribution in [1.82, 2.24) is 5.32 Å². The Morgan fingerprint density at radius 2 is 2.10 bits per heavy atom.